The Labute approximate surface area is 625 Å². The monoisotopic (exact) mass is 1460 g/mol. The maximum atomic E-state index is 12.7. The van der Waals surface area contributed by atoms with E-state index < -0.39 is 0 Å². The number of anilines is 9. The van der Waals surface area contributed by atoms with Crippen molar-refractivity contribution >= 4 is 59.2 Å². The van der Waals surface area contributed by atoms with Gasteiger partial charge in [0, 0.05) is 192 Å². The van der Waals surface area contributed by atoms with Crippen LogP contribution in [0.15, 0.2) is 104 Å². The molecule has 13 fully saturated rings. The minimum atomic E-state index is 0.0658. The summed E-state index contributed by atoms with van der Waals surface area (Å²) in [6.45, 7) is 19.9. The van der Waals surface area contributed by atoms with Crippen molar-refractivity contribution in [3.63, 3.8) is 0 Å². The number of hydrogen-bond acceptors (Lipinski definition) is 31. The number of nitrogen functional groups attached to an aromatic ring is 4. The Morgan fingerprint density at radius 2 is 1.00 bits per heavy atom. The molecule has 9 aromatic rings. The van der Waals surface area contributed by atoms with E-state index >= 15 is 0 Å². The minimum Gasteiger partial charge on any atom is -0.378 e. The van der Waals surface area contributed by atoms with E-state index in [1.807, 2.05) is 60.4 Å². The molecule has 8 aromatic heterocycles. The number of benzene rings is 1. The molecule has 1 aromatic carbocycles. The average Bonchev–Trinajstić information content (AvgIpc) is 1.55. The highest BCUT2D eigenvalue weighted by Gasteiger charge is 2.59. The summed E-state index contributed by atoms with van der Waals surface area (Å²) in [7, 11) is 1.73. The Balaban J connectivity index is 0.000000102. The van der Waals surface area contributed by atoms with Gasteiger partial charge < -0.3 is 71.3 Å². The van der Waals surface area contributed by atoms with Crippen LogP contribution in [0.5, 0.6) is 0 Å². The van der Waals surface area contributed by atoms with Gasteiger partial charge in [0.05, 0.1) is 91.3 Å². The van der Waals surface area contributed by atoms with Crippen molar-refractivity contribution in [2.75, 3.05) is 153 Å². The van der Waals surface area contributed by atoms with Gasteiger partial charge in [0.1, 0.15) is 17.5 Å². The molecule has 2 aliphatic carbocycles. The first kappa shape index (κ1) is 69.1. The van der Waals surface area contributed by atoms with Crippen LogP contribution in [-0.4, -0.2) is 243 Å². The van der Waals surface area contributed by atoms with Gasteiger partial charge in [-0.05, 0) is 86.5 Å². The number of methoxy groups -OCH3 is 1. The highest BCUT2D eigenvalue weighted by atomic mass is 16.5. The molecule has 8 atom stereocenters. The van der Waals surface area contributed by atoms with Gasteiger partial charge >= 0.3 is 0 Å². The maximum Gasteiger partial charge on any atom is 0.253 e. The van der Waals surface area contributed by atoms with Crippen molar-refractivity contribution in [3.05, 3.63) is 127 Å². The van der Waals surface area contributed by atoms with E-state index in [1.54, 1.807) is 56.7 Å². The number of nitrogens with two attached hydrogens (primary N) is 4. The number of ether oxygens (including phenoxy) is 4. The molecule has 0 spiro atoms. The largest absolute Gasteiger partial charge is 0.378 e. The Bertz CT molecular complexity index is 4730. The van der Waals surface area contributed by atoms with Gasteiger partial charge in [-0.1, -0.05) is 32.0 Å². The highest BCUT2D eigenvalue weighted by molar-refractivity contribution is 5.94. The second kappa shape index (κ2) is 28.5. The third-order valence-corrected chi connectivity index (χ3v) is 23.2. The van der Waals surface area contributed by atoms with Gasteiger partial charge in [-0.2, -0.15) is 9.97 Å². The number of likely N-dealkylation sites (tertiary alicyclic amines) is 2. The van der Waals surface area contributed by atoms with Gasteiger partial charge in [0.15, 0.2) is 0 Å². The van der Waals surface area contributed by atoms with Crippen LogP contribution >= 0.6 is 0 Å². The molecule has 2 saturated carbocycles. The lowest BCUT2D eigenvalue weighted by Gasteiger charge is -2.46. The molecule has 8 N–H and O–H groups in total. The fraction of sp³-hybridized carbons (Fsp3) is 0.487. The number of amides is 1. The maximum absolute atomic E-state index is 12.7. The van der Waals surface area contributed by atoms with Crippen LogP contribution in [0.25, 0.3) is 45.0 Å². The molecule has 32 nitrogen and oxygen atoms in total. The topological polar surface area (TPSA) is 387 Å². The molecular weight excluding hydrogens is 1370 g/mol. The first-order valence-electron chi connectivity index (χ1n) is 37.6. The second-order valence-electron chi connectivity index (χ2n) is 31.4. The lowest BCUT2D eigenvalue weighted by Crippen LogP contribution is -2.53. The Morgan fingerprint density at radius 1 is 0.500 bits per heavy atom. The van der Waals surface area contributed by atoms with E-state index in [4.69, 9.17) is 71.8 Å². The van der Waals surface area contributed by atoms with Crippen molar-refractivity contribution < 1.29 is 23.7 Å². The summed E-state index contributed by atoms with van der Waals surface area (Å²) in [6.07, 6.45) is 20.2. The smallest absolute Gasteiger partial charge is 0.253 e. The summed E-state index contributed by atoms with van der Waals surface area (Å²) in [4.78, 5) is 99.8. The van der Waals surface area contributed by atoms with E-state index in [-0.39, 0.29) is 35.8 Å². The molecule has 11 saturated heterocycles. The van der Waals surface area contributed by atoms with E-state index in [1.165, 1.54) is 31.6 Å². The summed E-state index contributed by atoms with van der Waals surface area (Å²) < 4.78 is 22.2. The van der Waals surface area contributed by atoms with Crippen LogP contribution in [0.4, 0.5) is 53.3 Å². The molecule has 558 valence electrons. The van der Waals surface area contributed by atoms with Crippen molar-refractivity contribution in [2.45, 2.75) is 107 Å². The number of aromatic nitrogens is 16. The van der Waals surface area contributed by atoms with Crippen LogP contribution in [0.1, 0.15) is 85.4 Å². The van der Waals surface area contributed by atoms with Gasteiger partial charge in [-0.15, -0.1) is 0 Å². The van der Waals surface area contributed by atoms with Crippen molar-refractivity contribution in [3.8, 4) is 45.0 Å². The fourth-order valence-electron chi connectivity index (χ4n) is 17.1. The molecule has 108 heavy (non-hydrogen) atoms. The quantitative estimate of drug-likeness (QED) is 0.108. The number of carbonyl (C=O) groups is 1. The lowest BCUT2D eigenvalue weighted by molar-refractivity contribution is -0.0610. The highest BCUT2D eigenvalue weighted by Crippen LogP contribution is 2.59. The molecular formula is C76H89N27O5. The molecule has 22 rings (SSSR count). The first-order valence-corrected chi connectivity index (χ1v) is 37.6. The summed E-state index contributed by atoms with van der Waals surface area (Å²) >= 11 is 0. The van der Waals surface area contributed by atoms with Crippen LogP contribution in [0.3, 0.4) is 0 Å². The Morgan fingerprint density at radius 3 is 1.46 bits per heavy atom. The molecule has 19 heterocycles. The molecule has 13 aliphatic rings. The zero-order valence-corrected chi connectivity index (χ0v) is 61.0. The third-order valence-electron chi connectivity index (χ3n) is 23.2. The van der Waals surface area contributed by atoms with Crippen LogP contribution in [0, 0.1) is 30.1 Å². The fourth-order valence-corrected chi connectivity index (χ4v) is 17.1. The molecule has 1 amide bonds. The van der Waals surface area contributed by atoms with E-state index in [0.717, 1.165) is 196 Å². The lowest BCUT2D eigenvalue weighted by atomic mass is 9.85. The number of hydrogen-bond donors (Lipinski definition) is 4. The number of fused-ring (bicyclic) bond motifs is 6. The number of aryl methyl sites for hydroxylation is 1. The molecule has 6 bridgehead atoms. The number of carbonyl (C=O) groups excluding carboxylic acids is 1. The third kappa shape index (κ3) is 14.2. The molecule has 32 heteroatoms. The van der Waals surface area contributed by atoms with E-state index in [0.29, 0.717) is 72.0 Å². The van der Waals surface area contributed by atoms with E-state index in [2.05, 4.69) is 99.2 Å². The number of morpholine rings is 2. The molecule has 2 unspecified atom stereocenters. The SMILES string of the molecule is CC1(C)CN(c2nc(-c3cnc(N)nc3)cc(N3C[C@@H]4C[C@H]3CO4)n2)C1.COC1CN(c2nc(-c3cnc(N)nc3)cc(N3C[C@@H]4C[C@H]3CO4)n2)C1.Cc1nc(-c2cnc(N)nc2)cc(C2CCN(C(=O)c3ccccc3)C2)n1.Nc1ncc(-c2cc(C3[C@H]4CN(C5COC5)C[C@@H]34)nc(N3CC4CC3C4)n2)cn1. The Hall–Kier alpha value is -10.7. The van der Waals surface area contributed by atoms with Crippen molar-refractivity contribution in [1.82, 2.24) is 89.5 Å². The molecule has 11 aliphatic heterocycles. The molecule has 0 radical (unpaired) electrons. The predicted octanol–water partition coefficient (Wildman–Crippen LogP) is 5.28. The predicted molar refractivity (Wildman–Crippen MR) is 404 cm³/mol. The summed E-state index contributed by atoms with van der Waals surface area (Å²) in [5.41, 5.74) is 32.4. The van der Waals surface area contributed by atoms with Crippen LogP contribution in [-0.2, 0) is 18.9 Å². The Kier molecular flexibility index (Phi) is 18.2. The first-order chi connectivity index (χ1) is 52.5. The summed E-state index contributed by atoms with van der Waals surface area (Å²) in [6, 6.07) is 19.6. The van der Waals surface area contributed by atoms with Gasteiger partial charge in [0.2, 0.25) is 41.6 Å². The zero-order chi connectivity index (χ0) is 73.5. The normalized spacial score (nSPS) is 25.9. The second-order valence-corrected chi connectivity index (χ2v) is 31.4. The van der Waals surface area contributed by atoms with Crippen LogP contribution < -0.4 is 47.4 Å². The van der Waals surface area contributed by atoms with Gasteiger partial charge in [-0.3, -0.25) is 9.69 Å². The number of nitrogens with zero attached hydrogens (tertiary/aromatic N) is 23. The van der Waals surface area contributed by atoms with Crippen LogP contribution in [0.2, 0.25) is 0 Å². The summed E-state index contributed by atoms with van der Waals surface area (Å²) in [5, 5.41) is 0. The van der Waals surface area contributed by atoms with Gasteiger partial charge in [0.25, 0.3) is 5.91 Å². The van der Waals surface area contributed by atoms with Crippen molar-refractivity contribution in [1.29, 1.82) is 0 Å². The zero-order valence-electron chi connectivity index (χ0n) is 61.0. The standard InChI is InChI=1S/C21H25N7O.C20H20N6O.C18H23N7O.C17H21N7O2/c22-20-23-4-12(5-24-20)17-3-18(26-21(25-17)28-6-11-1-13(28)2-11)19-15-7-27(8-16(15)19)14-9-29-10-14;1-13-24-17(9-18(25-13)16-10-22-20(21)23-11-16)15-7-8-26(12-15)19(27)14-5-3-2-4-6-14;1-18(2)9-24(10-18)17-22-14(11-5-20-16(19)21-6-11)4-15(23-17)25-7-13-3-12(25)8-26-13;1-25-13-6-23(7-13)17-21-14(10-4-19-16(18)20-5-10)3-15(22-17)24-8-12-2-11(24)9-26-12/h3-5,11,13-16,19H,1-2,6-10H2,(H2,22,23,24);2-6,9-11,15H,7-8,12H2,1H3,(H2,21,22,23);4-6,12-13H,3,7-10H2,1-2H3,(H2,19,20,21);3-5,11-13H,2,6-9H2,1H3,(H2,18,19,20)/t11?,13?,15-,16+,19?;;12-,13-;11-,12-/m..00/s1. The van der Waals surface area contributed by atoms with Crippen molar-refractivity contribution in [2.24, 2.45) is 23.2 Å². The number of piperidine rings is 1. The van der Waals surface area contributed by atoms with Gasteiger partial charge in [-0.25, -0.2) is 69.8 Å². The van der Waals surface area contributed by atoms with E-state index in [9.17, 15) is 4.79 Å². The summed E-state index contributed by atoms with van der Waals surface area (Å²) in [5.74, 6) is 9.09. The average molecular weight is 1460 g/mol. The minimum absolute atomic E-state index is 0.0658. The number of rotatable bonds is 14.